The van der Waals surface area contributed by atoms with Gasteiger partial charge in [-0.3, -0.25) is 0 Å². The normalized spacial score (nSPS) is 12.9. The van der Waals surface area contributed by atoms with Gasteiger partial charge in [-0.15, -0.1) is 0 Å². The monoisotopic (exact) mass is 706 g/mol. The fraction of sp³-hybridized carbons (Fsp3) is 0.0204. The largest absolute Gasteiger partial charge is 0.436 e. The van der Waals surface area contributed by atoms with Gasteiger partial charge >= 0.3 is 0 Å². The molecule has 3 heterocycles. The summed E-state index contributed by atoms with van der Waals surface area (Å²) in [4.78, 5) is 19.6. The van der Waals surface area contributed by atoms with Crippen molar-refractivity contribution in [2.24, 2.45) is 0 Å². The number of oxazole rings is 2. The Morgan fingerprint density at radius 1 is 0.382 bits per heavy atom. The van der Waals surface area contributed by atoms with Crippen LogP contribution in [0.25, 0.3) is 78.7 Å². The van der Waals surface area contributed by atoms with E-state index >= 15 is 0 Å². The highest BCUT2D eigenvalue weighted by Crippen LogP contribution is 2.56. The minimum Gasteiger partial charge on any atom is -0.436 e. The molecule has 1 aliphatic carbocycles. The Morgan fingerprint density at radius 2 is 0.891 bits per heavy atom. The van der Waals surface area contributed by atoms with Crippen LogP contribution in [0, 0.1) is 0 Å². The molecule has 0 unspecified atom stereocenters. The Balaban J connectivity index is 1.04. The average Bonchev–Trinajstić information content (AvgIpc) is 3.97. The van der Waals surface area contributed by atoms with Crippen molar-refractivity contribution in [1.82, 2.24) is 19.9 Å². The van der Waals surface area contributed by atoms with E-state index in [0.717, 1.165) is 50.0 Å². The van der Waals surface area contributed by atoms with E-state index < -0.39 is 5.41 Å². The van der Waals surface area contributed by atoms with Gasteiger partial charge in [0.25, 0.3) is 0 Å². The molecule has 10 aromatic rings. The molecule has 0 fully saturated rings. The number of fused-ring (bicyclic) bond motifs is 5. The highest BCUT2D eigenvalue weighted by Gasteiger charge is 2.46. The first-order valence-electron chi connectivity index (χ1n) is 18.3. The van der Waals surface area contributed by atoms with E-state index in [1.165, 1.54) is 33.4 Å². The molecule has 6 heteroatoms. The maximum atomic E-state index is 6.22. The first kappa shape index (κ1) is 31.1. The molecule has 6 nitrogen and oxygen atoms in total. The molecule has 258 valence electrons. The predicted molar refractivity (Wildman–Crippen MR) is 216 cm³/mol. The standard InChI is InChI=1S/C49H30N4O2/c1-3-13-36(14-4-1)49(37-15-5-2-6-16-37)40-18-8-7-17-38(40)39-24-23-31(28-41(39)49)46-50-29-35(30-51-46)32-25-33(47-52-42-19-9-11-21-44(42)54-47)27-34(26-32)48-53-43-20-10-12-22-45(43)55-48/h1-30H. The van der Waals surface area contributed by atoms with Crippen molar-refractivity contribution in [2.45, 2.75) is 5.41 Å². The topological polar surface area (TPSA) is 77.8 Å². The summed E-state index contributed by atoms with van der Waals surface area (Å²) in [6.07, 6.45) is 3.76. The molecule has 0 spiro atoms. The summed E-state index contributed by atoms with van der Waals surface area (Å²) in [5.41, 5.74) is 14.2. The van der Waals surface area contributed by atoms with Gasteiger partial charge < -0.3 is 8.83 Å². The van der Waals surface area contributed by atoms with Crippen LogP contribution < -0.4 is 0 Å². The van der Waals surface area contributed by atoms with Crippen LogP contribution >= 0.6 is 0 Å². The molecule has 3 aromatic heterocycles. The average molecular weight is 707 g/mol. The Kier molecular flexibility index (Phi) is 6.97. The van der Waals surface area contributed by atoms with Crippen LogP contribution in [0.2, 0.25) is 0 Å². The molecule has 55 heavy (non-hydrogen) atoms. The molecule has 0 aliphatic heterocycles. The summed E-state index contributed by atoms with van der Waals surface area (Å²) in [6.45, 7) is 0. The summed E-state index contributed by atoms with van der Waals surface area (Å²) < 4.78 is 12.4. The molecule has 11 rings (SSSR count). The quantitative estimate of drug-likeness (QED) is 0.171. The van der Waals surface area contributed by atoms with Gasteiger partial charge in [-0.25, -0.2) is 19.9 Å². The lowest BCUT2D eigenvalue weighted by Crippen LogP contribution is -2.28. The highest BCUT2D eigenvalue weighted by atomic mass is 16.4. The van der Waals surface area contributed by atoms with Crippen LogP contribution in [0.15, 0.2) is 191 Å². The maximum absolute atomic E-state index is 6.22. The van der Waals surface area contributed by atoms with Gasteiger partial charge in [0.05, 0.1) is 5.41 Å². The Labute approximate surface area is 316 Å². The lowest BCUT2D eigenvalue weighted by atomic mass is 9.67. The van der Waals surface area contributed by atoms with E-state index in [-0.39, 0.29) is 0 Å². The van der Waals surface area contributed by atoms with Crippen molar-refractivity contribution >= 4 is 22.2 Å². The smallest absolute Gasteiger partial charge is 0.227 e. The SMILES string of the molecule is c1ccc(C2(c3ccccc3)c3ccccc3-c3ccc(-c4ncc(-c5cc(-c6nc7ccccc7o6)cc(-c6nc7ccccc7o6)c5)cn4)cc32)cc1. The van der Waals surface area contributed by atoms with E-state index in [2.05, 4.69) is 115 Å². The van der Waals surface area contributed by atoms with E-state index in [4.69, 9.17) is 28.8 Å². The third kappa shape index (κ3) is 4.96. The zero-order valence-corrected chi connectivity index (χ0v) is 29.4. The molecule has 0 bridgehead atoms. The number of rotatable bonds is 6. The second kappa shape index (κ2) is 12.3. The summed E-state index contributed by atoms with van der Waals surface area (Å²) in [5, 5.41) is 0. The minimum atomic E-state index is -0.503. The second-order valence-corrected chi connectivity index (χ2v) is 13.9. The Bertz CT molecular complexity index is 2840. The molecule has 0 saturated heterocycles. The molecule has 0 N–H and O–H groups in total. The van der Waals surface area contributed by atoms with E-state index in [9.17, 15) is 0 Å². The molecule has 1 aliphatic rings. The third-order valence-electron chi connectivity index (χ3n) is 10.7. The fourth-order valence-electron chi connectivity index (χ4n) is 8.24. The molecule has 0 atom stereocenters. The van der Waals surface area contributed by atoms with Crippen molar-refractivity contribution in [2.75, 3.05) is 0 Å². The molecule has 0 radical (unpaired) electrons. The maximum Gasteiger partial charge on any atom is 0.227 e. The number of aromatic nitrogens is 4. The van der Waals surface area contributed by atoms with Crippen LogP contribution in [0.4, 0.5) is 0 Å². The first-order valence-corrected chi connectivity index (χ1v) is 18.3. The number of benzene rings is 7. The van der Waals surface area contributed by atoms with Crippen LogP contribution in [0.3, 0.4) is 0 Å². The van der Waals surface area contributed by atoms with Crippen molar-refractivity contribution in [3.8, 4) is 56.6 Å². The fourth-order valence-corrected chi connectivity index (χ4v) is 8.24. The van der Waals surface area contributed by atoms with Crippen LogP contribution in [0.5, 0.6) is 0 Å². The second-order valence-electron chi connectivity index (χ2n) is 13.9. The van der Waals surface area contributed by atoms with Gasteiger partial charge in [-0.2, -0.15) is 0 Å². The number of hydrogen-bond acceptors (Lipinski definition) is 6. The molecule has 0 saturated carbocycles. The molecule has 0 amide bonds. The summed E-state index contributed by atoms with van der Waals surface area (Å²) in [7, 11) is 0. The van der Waals surface area contributed by atoms with Crippen molar-refractivity contribution < 1.29 is 8.83 Å². The lowest BCUT2D eigenvalue weighted by Gasteiger charge is -2.34. The lowest BCUT2D eigenvalue weighted by molar-refractivity contribution is 0.617. The number of para-hydroxylation sites is 4. The summed E-state index contributed by atoms with van der Waals surface area (Å²) in [5.74, 6) is 1.67. The van der Waals surface area contributed by atoms with Gasteiger partial charge in [0, 0.05) is 34.6 Å². The highest BCUT2D eigenvalue weighted by molar-refractivity contribution is 5.88. The van der Waals surface area contributed by atoms with Gasteiger partial charge in [0.2, 0.25) is 11.8 Å². The van der Waals surface area contributed by atoms with Crippen molar-refractivity contribution in [3.05, 3.63) is 205 Å². The van der Waals surface area contributed by atoms with Crippen LogP contribution in [-0.2, 0) is 5.41 Å². The van der Waals surface area contributed by atoms with E-state index in [0.29, 0.717) is 17.6 Å². The molecular formula is C49H30N4O2. The van der Waals surface area contributed by atoms with Gasteiger partial charge in [0.15, 0.2) is 17.0 Å². The van der Waals surface area contributed by atoms with E-state index in [1.807, 2.05) is 67.0 Å². The van der Waals surface area contributed by atoms with Gasteiger partial charge in [-0.1, -0.05) is 121 Å². The summed E-state index contributed by atoms with van der Waals surface area (Å²) in [6, 6.07) is 58.7. The Morgan fingerprint density at radius 3 is 1.49 bits per heavy atom. The number of hydrogen-bond donors (Lipinski definition) is 0. The van der Waals surface area contributed by atoms with Crippen LogP contribution in [0.1, 0.15) is 22.3 Å². The van der Waals surface area contributed by atoms with Crippen molar-refractivity contribution in [1.29, 1.82) is 0 Å². The third-order valence-corrected chi connectivity index (χ3v) is 10.7. The van der Waals surface area contributed by atoms with Crippen molar-refractivity contribution in [3.63, 3.8) is 0 Å². The molecular weight excluding hydrogens is 677 g/mol. The predicted octanol–water partition coefficient (Wildman–Crippen LogP) is 11.8. The zero-order valence-electron chi connectivity index (χ0n) is 29.4. The minimum absolute atomic E-state index is 0.503. The van der Waals surface area contributed by atoms with Gasteiger partial charge in [0.1, 0.15) is 11.0 Å². The summed E-state index contributed by atoms with van der Waals surface area (Å²) >= 11 is 0. The van der Waals surface area contributed by atoms with Crippen LogP contribution in [-0.4, -0.2) is 19.9 Å². The number of nitrogens with zero attached hydrogens (tertiary/aromatic N) is 4. The van der Waals surface area contributed by atoms with E-state index in [1.54, 1.807) is 0 Å². The zero-order chi connectivity index (χ0) is 36.3. The molecule has 7 aromatic carbocycles. The first-order chi connectivity index (χ1) is 27.2. The van der Waals surface area contributed by atoms with Gasteiger partial charge in [-0.05, 0) is 87.5 Å². The Hall–Kier alpha value is -7.44.